The van der Waals surface area contributed by atoms with Gasteiger partial charge >= 0.3 is 0 Å². The lowest BCUT2D eigenvalue weighted by Gasteiger charge is -2.31. The number of amides is 2. The van der Waals surface area contributed by atoms with Crippen LogP contribution >= 0.6 is 0 Å². The number of benzene rings is 2. The molecule has 1 aliphatic rings. The molecule has 0 spiro atoms. The molecule has 6 nitrogen and oxygen atoms in total. The summed E-state index contributed by atoms with van der Waals surface area (Å²) in [6.07, 6.45) is 1.25. The molecule has 0 aromatic heterocycles. The average molecular weight is 368 g/mol. The fraction of sp³-hybridized carbons (Fsp3) is 0.333. The maximum Gasteiger partial charge on any atom is 0.257 e. The van der Waals surface area contributed by atoms with Crippen molar-refractivity contribution in [1.82, 2.24) is 4.90 Å². The van der Waals surface area contributed by atoms with Gasteiger partial charge in [-0.05, 0) is 37.1 Å². The first-order valence-corrected chi connectivity index (χ1v) is 9.00. The number of hydrogen-bond acceptors (Lipinski definition) is 4. The van der Waals surface area contributed by atoms with Crippen LogP contribution < -0.4 is 14.8 Å². The van der Waals surface area contributed by atoms with Crippen LogP contribution in [0.25, 0.3) is 0 Å². The minimum absolute atomic E-state index is 0.0381. The number of para-hydroxylation sites is 3. The van der Waals surface area contributed by atoms with Crippen molar-refractivity contribution in [2.45, 2.75) is 12.8 Å². The summed E-state index contributed by atoms with van der Waals surface area (Å²) in [5.74, 6) is 0.977. The Morgan fingerprint density at radius 3 is 2.19 bits per heavy atom. The standard InChI is InChI=1S/C21H24N2O4/c1-26-18-9-5-3-7-16(18)21(25)23-13-11-15(12-14-23)20(24)22-17-8-4-6-10-19(17)27-2/h3-10,15H,11-14H2,1-2H3,(H,22,24). The number of hydrogen-bond donors (Lipinski definition) is 1. The van der Waals surface area contributed by atoms with Gasteiger partial charge in [0.05, 0.1) is 25.5 Å². The molecule has 2 amide bonds. The molecule has 0 radical (unpaired) electrons. The van der Waals surface area contributed by atoms with Crippen molar-refractivity contribution in [3.8, 4) is 11.5 Å². The van der Waals surface area contributed by atoms with Gasteiger partial charge in [0.15, 0.2) is 0 Å². The summed E-state index contributed by atoms with van der Waals surface area (Å²) in [5, 5.41) is 2.94. The second kappa shape index (κ2) is 8.58. The van der Waals surface area contributed by atoms with Gasteiger partial charge in [0.25, 0.3) is 5.91 Å². The average Bonchev–Trinajstić information content (AvgIpc) is 2.73. The van der Waals surface area contributed by atoms with Crippen LogP contribution in [0.4, 0.5) is 5.69 Å². The number of ether oxygens (including phenoxy) is 2. The maximum atomic E-state index is 12.8. The largest absolute Gasteiger partial charge is 0.496 e. The van der Waals surface area contributed by atoms with Gasteiger partial charge in [-0.25, -0.2) is 0 Å². The number of carbonyl (C=O) groups excluding carboxylic acids is 2. The monoisotopic (exact) mass is 368 g/mol. The van der Waals surface area contributed by atoms with Gasteiger partial charge in [0.1, 0.15) is 11.5 Å². The third kappa shape index (κ3) is 4.22. The van der Waals surface area contributed by atoms with Gasteiger partial charge in [-0.3, -0.25) is 9.59 Å². The van der Waals surface area contributed by atoms with Crippen LogP contribution in [0.2, 0.25) is 0 Å². The first-order chi connectivity index (χ1) is 13.1. The summed E-state index contributed by atoms with van der Waals surface area (Å²) in [6, 6.07) is 14.5. The van der Waals surface area contributed by atoms with E-state index < -0.39 is 0 Å². The Balaban J connectivity index is 1.60. The van der Waals surface area contributed by atoms with Crippen molar-refractivity contribution in [3.63, 3.8) is 0 Å². The lowest BCUT2D eigenvalue weighted by Crippen LogP contribution is -2.41. The van der Waals surface area contributed by atoms with Gasteiger partial charge in [-0.2, -0.15) is 0 Å². The number of piperidine rings is 1. The third-order valence-electron chi connectivity index (χ3n) is 4.86. The summed E-state index contributed by atoms with van der Waals surface area (Å²) in [5.41, 5.74) is 1.22. The van der Waals surface area contributed by atoms with E-state index in [1.54, 1.807) is 31.3 Å². The summed E-state index contributed by atoms with van der Waals surface area (Å²) in [4.78, 5) is 27.1. The van der Waals surface area contributed by atoms with Gasteiger partial charge in [-0.15, -0.1) is 0 Å². The Morgan fingerprint density at radius 2 is 1.52 bits per heavy atom. The Bertz CT molecular complexity index is 813. The normalized spacial score (nSPS) is 14.5. The zero-order valence-electron chi connectivity index (χ0n) is 15.6. The molecule has 2 aromatic carbocycles. The number of nitrogens with one attached hydrogen (secondary N) is 1. The zero-order chi connectivity index (χ0) is 19.2. The molecule has 0 aliphatic carbocycles. The van der Waals surface area contributed by atoms with Gasteiger partial charge in [0, 0.05) is 19.0 Å². The van der Waals surface area contributed by atoms with E-state index >= 15 is 0 Å². The van der Waals surface area contributed by atoms with Crippen LogP contribution in [-0.2, 0) is 4.79 Å². The highest BCUT2D eigenvalue weighted by atomic mass is 16.5. The third-order valence-corrected chi connectivity index (χ3v) is 4.86. The Morgan fingerprint density at radius 1 is 0.926 bits per heavy atom. The predicted molar refractivity (Wildman–Crippen MR) is 103 cm³/mol. The molecule has 1 heterocycles. The van der Waals surface area contributed by atoms with Crippen LogP contribution in [0.15, 0.2) is 48.5 Å². The van der Waals surface area contributed by atoms with Crippen molar-refractivity contribution in [3.05, 3.63) is 54.1 Å². The minimum atomic E-state index is -0.128. The van der Waals surface area contributed by atoms with Gasteiger partial charge in [-0.1, -0.05) is 24.3 Å². The number of rotatable bonds is 5. The number of nitrogens with zero attached hydrogens (tertiary/aromatic N) is 1. The fourth-order valence-corrected chi connectivity index (χ4v) is 3.32. The van der Waals surface area contributed by atoms with E-state index in [1.165, 1.54) is 0 Å². The van der Waals surface area contributed by atoms with E-state index in [0.717, 1.165) is 0 Å². The van der Waals surface area contributed by atoms with Crippen LogP contribution in [0, 0.1) is 5.92 Å². The van der Waals surface area contributed by atoms with E-state index in [1.807, 2.05) is 36.4 Å². The molecule has 27 heavy (non-hydrogen) atoms. The van der Waals surface area contributed by atoms with Gasteiger partial charge in [0.2, 0.25) is 5.91 Å². The SMILES string of the molecule is COc1ccccc1NC(=O)C1CCN(C(=O)c2ccccc2OC)CC1. The first kappa shape index (κ1) is 18.8. The summed E-state index contributed by atoms with van der Waals surface area (Å²) in [7, 11) is 3.13. The summed E-state index contributed by atoms with van der Waals surface area (Å²) in [6.45, 7) is 1.09. The Kier molecular flexibility index (Phi) is 5.96. The fourth-order valence-electron chi connectivity index (χ4n) is 3.32. The molecular weight excluding hydrogens is 344 g/mol. The van der Waals surface area contributed by atoms with Crippen LogP contribution in [-0.4, -0.2) is 44.0 Å². The van der Waals surface area contributed by atoms with E-state index in [2.05, 4.69) is 5.32 Å². The highest BCUT2D eigenvalue weighted by Crippen LogP contribution is 2.27. The molecule has 3 rings (SSSR count). The molecule has 142 valence electrons. The number of anilines is 1. The summed E-state index contributed by atoms with van der Waals surface area (Å²) >= 11 is 0. The molecule has 0 saturated carbocycles. The van der Waals surface area contributed by atoms with Crippen molar-refractivity contribution in [2.75, 3.05) is 32.6 Å². The van der Waals surface area contributed by atoms with E-state index in [4.69, 9.17) is 9.47 Å². The molecule has 0 bridgehead atoms. The van der Waals surface area contributed by atoms with Gasteiger partial charge < -0.3 is 19.7 Å². The first-order valence-electron chi connectivity index (χ1n) is 9.00. The van der Waals surface area contributed by atoms with E-state index in [-0.39, 0.29) is 17.7 Å². The molecule has 0 atom stereocenters. The lowest BCUT2D eigenvalue weighted by molar-refractivity contribution is -0.121. The number of methoxy groups -OCH3 is 2. The van der Waals surface area contributed by atoms with Crippen LogP contribution in [0.5, 0.6) is 11.5 Å². The second-order valence-electron chi connectivity index (χ2n) is 6.46. The second-order valence-corrected chi connectivity index (χ2v) is 6.46. The zero-order valence-corrected chi connectivity index (χ0v) is 15.6. The maximum absolute atomic E-state index is 12.8. The number of likely N-dealkylation sites (tertiary alicyclic amines) is 1. The minimum Gasteiger partial charge on any atom is -0.496 e. The smallest absolute Gasteiger partial charge is 0.257 e. The highest BCUT2D eigenvalue weighted by Gasteiger charge is 2.29. The van der Waals surface area contributed by atoms with E-state index in [0.29, 0.717) is 48.7 Å². The van der Waals surface area contributed by atoms with Crippen LogP contribution in [0.3, 0.4) is 0 Å². The topological polar surface area (TPSA) is 67.9 Å². The predicted octanol–water partition coefficient (Wildman–Crippen LogP) is 3.19. The van der Waals surface area contributed by atoms with Crippen molar-refractivity contribution in [1.29, 1.82) is 0 Å². The quantitative estimate of drug-likeness (QED) is 0.880. The Labute approximate surface area is 159 Å². The molecule has 6 heteroatoms. The Hall–Kier alpha value is -3.02. The van der Waals surface area contributed by atoms with Crippen LogP contribution in [0.1, 0.15) is 23.2 Å². The number of carbonyl (C=O) groups is 2. The molecule has 1 fully saturated rings. The molecule has 1 saturated heterocycles. The van der Waals surface area contributed by atoms with Crippen molar-refractivity contribution < 1.29 is 19.1 Å². The van der Waals surface area contributed by atoms with E-state index in [9.17, 15) is 9.59 Å². The molecule has 1 aliphatic heterocycles. The lowest BCUT2D eigenvalue weighted by atomic mass is 9.95. The highest BCUT2D eigenvalue weighted by molar-refractivity contribution is 5.97. The summed E-state index contributed by atoms with van der Waals surface area (Å²) < 4.78 is 10.6. The molecule has 1 N–H and O–H groups in total. The molecule has 2 aromatic rings. The molecular formula is C21H24N2O4. The van der Waals surface area contributed by atoms with Crippen molar-refractivity contribution in [2.24, 2.45) is 5.92 Å². The molecule has 0 unspecified atom stereocenters. The van der Waals surface area contributed by atoms with Crippen molar-refractivity contribution >= 4 is 17.5 Å².